The van der Waals surface area contributed by atoms with E-state index in [0.717, 1.165) is 41.5 Å². The van der Waals surface area contributed by atoms with E-state index in [1.54, 1.807) is 0 Å². The molecule has 24 heavy (non-hydrogen) atoms. The molecule has 0 aliphatic rings. The fraction of sp³-hybridized carbons (Fsp3) is 0.368. The summed E-state index contributed by atoms with van der Waals surface area (Å²) in [6.07, 6.45) is 0. The Morgan fingerprint density at radius 1 is 0.958 bits per heavy atom. The normalized spacial score (nSPS) is 10.8. The Kier molecular flexibility index (Phi) is 5.93. The lowest BCUT2D eigenvalue weighted by Gasteiger charge is -2.38. The maximum absolute atomic E-state index is 6.20. The molecule has 0 heterocycles. The van der Waals surface area contributed by atoms with E-state index in [1.807, 2.05) is 33.3 Å². The highest BCUT2D eigenvalue weighted by molar-refractivity contribution is 5.92. The second kappa shape index (κ2) is 7.93. The standard InChI is InChI=1S/C19H29N5/c1-6-23(7-2)24(15-11-9-8-10-12-15)17-14-13-16(20)18(21-3)19(17)22(4)5/h8-14,21H,6-7,20H2,1-5H3. The van der Waals surface area contributed by atoms with Gasteiger partial charge in [0.05, 0.1) is 28.4 Å². The monoisotopic (exact) mass is 327 g/mol. The van der Waals surface area contributed by atoms with Crippen LogP contribution >= 0.6 is 0 Å². The van der Waals surface area contributed by atoms with Gasteiger partial charge in [-0.25, -0.2) is 5.01 Å². The molecule has 3 N–H and O–H groups in total. The number of benzene rings is 2. The Bertz CT molecular complexity index is 650. The maximum atomic E-state index is 6.20. The molecule has 0 aromatic heterocycles. The van der Waals surface area contributed by atoms with Crippen LogP contribution in [-0.4, -0.2) is 39.2 Å². The first-order valence-corrected chi connectivity index (χ1v) is 8.42. The Balaban J connectivity index is 2.71. The number of para-hydroxylation sites is 1. The van der Waals surface area contributed by atoms with Crippen molar-refractivity contribution in [2.45, 2.75) is 13.8 Å². The third kappa shape index (κ3) is 3.41. The second-order valence-electron chi connectivity index (χ2n) is 5.83. The lowest BCUT2D eigenvalue weighted by molar-refractivity contribution is 0.309. The van der Waals surface area contributed by atoms with Crippen molar-refractivity contribution in [3.8, 4) is 0 Å². The average molecular weight is 327 g/mol. The molecule has 0 saturated carbocycles. The Morgan fingerprint density at radius 2 is 1.58 bits per heavy atom. The molecule has 0 spiro atoms. The van der Waals surface area contributed by atoms with Crippen LogP contribution in [0.3, 0.4) is 0 Å². The number of nitrogens with two attached hydrogens (primary N) is 1. The molecular formula is C19H29N5. The zero-order chi connectivity index (χ0) is 17.7. The summed E-state index contributed by atoms with van der Waals surface area (Å²) in [5.41, 5.74) is 11.2. The number of anilines is 5. The highest BCUT2D eigenvalue weighted by atomic mass is 15.6. The summed E-state index contributed by atoms with van der Waals surface area (Å²) in [5, 5.41) is 7.84. The zero-order valence-corrected chi connectivity index (χ0v) is 15.4. The van der Waals surface area contributed by atoms with Crippen LogP contribution in [0, 0.1) is 0 Å². The van der Waals surface area contributed by atoms with Gasteiger partial charge in [0, 0.05) is 34.2 Å². The van der Waals surface area contributed by atoms with E-state index in [9.17, 15) is 0 Å². The van der Waals surface area contributed by atoms with Crippen molar-refractivity contribution in [2.24, 2.45) is 0 Å². The summed E-state index contributed by atoms with van der Waals surface area (Å²) in [6.45, 7) is 6.17. The van der Waals surface area contributed by atoms with E-state index in [2.05, 4.69) is 64.4 Å². The molecule has 5 heteroatoms. The van der Waals surface area contributed by atoms with Crippen molar-refractivity contribution >= 4 is 28.4 Å². The number of nitrogens with one attached hydrogen (secondary N) is 1. The Labute approximate surface area is 145 Å². The third-order valence-electron chi connectivity index (χ3n) is 4.13. The minimum absolute atomic E-state index is 0.748. The molecule has 0 saturated heterocycles. The minimum atomic E-state index is 0.748. The van der Waals surface area contributed by atoms with Gasteiger partial charge in [-0.1, -0.05) is 32.0 Å². The van der Waals surface area contributed by atoms with E-state index >= 15 is 0 Å². The number of nitrogens with zero attached hydrogens (tertiary/aromatic N) is 3. The fourth-order valence-electron chi connectivity index (χ4n) is 3.01. The summed E-state index contributed by atoms with van der Waals surface area (Å²) >= 11 is 0. The van der Waals surface area contributed by atoms with Crippen LogP contribution in [0.4, 0.5) is 28.4 Å². The molecule has 2 rings (SSSR count). The molecular weight excluding hydrogens is 298 g/mol. The summed E-state index contributed by atoms with van der Waals surface area (Å²) in [6, 6.07) is 14.5. The molecule has 0 aliphatic carbocycles. The number of rotatable bonds is 7. The molecule has 0 amide bonds. The molecule has 130 valence electrons. The first kappa shape index (κ1) is 17.9. The van der Waals surface area contributed by atoms with E-state index in [1.165, 1.54) is 0 Å². The topological polar surface area (TPSA) is 47.8 Å². The molecule has 0 unspecified atom stereocenters. The summed E-state index contributed by atoms with van der Waals surface area (Å²) in [4.78, 5) is 2.11. The number of hydrogen-bond donors (Lipinski definition) is 2. The van der Waals surface area contributed by atoms with E-state index in [-0.39, 0.29) is 0 Å². The summed E-state index contributed by atoms with van der Waals surface area (Å²) < 4.78 is 0. The van der Waals surface area contributed by atoms with Crippen LogP contribution in [0.5, 0.6) is 0 Å². The fourth-order valence-corrected chi connectivity index (χ4v) is 3.01. The Hall–Kier alpha value is -2.40. The van der Waals surface area contributed by atoms with Gasteiger partial charge in [-0.3, -0.25) is 5.01 Å². The SMILES string of the molecule is CCN(CC)N(c1ccccc1)c1ccc(N)c(NC)c1N(C)C. The van der Waals surface area contributed by atoms with Crippen molar-refractivity contribution < 1.29 is 0 Å². The number of nitrogen functional groups attached to an aromatic ring is 1. The van der Waals surface area contributed by atoms with Gasteiger partial charge >= 0.3 is 0 Å². The van der Waals surface area contributed by atoms with Gasteiger partial charge in [0.1, 0.15) is 0 Å². The van der Waals surface area contributed by atoms with Crippen LogP contribution in [0.25, 0.3) is 0 Å². The van der Waals surface area contributed by atoms with Gasteiger partial charge in [-0.05, 0) is 24.3 Å². The van der Waals surface area contributed by atoms with Crippen LogP contribution in [-0.2, 0) is 0 Å². The average Bonchev–Trinajstić information content (AvgIpc) is 2.60. The molecule has 0 fully saturated rings. The van der Waals surface area contributed by atoms with Gasteiger partial charge in [-0.15, -0.1) is 0 Å². The number of hydrazine groups is 1. The predicted octanol–water partition coefficient (Wildman–Crippen LogP) is 3.77. The quantitative estimate of drug-likeness (QED) is 0.599. The third-order valence-corrected chi connectivity index (χ3v) is 4.13. The van der Waals surface area contributed by atoms with Gasteiger partial charge < -0.3 is 16.0 Å². The van der Waals surface area contributed by atoms with Crippen LogP contribution in [0.1, 0.15) is 13.8 Å². The summed E-state index contributed by atoms with van der Waals surface area (Å²) in [7, 11) is 6.00. The lowest BCUT2D eigenvalue weighted by Crippen LogP contribution is -2.40. The van der Waals surface area contributed by atoms with Crippen molar-refractivity contribution in [1.82, 2.24) is 5.01 Å². The van der Waals surface area contributed by atoms with Crippen LogP contribution in [0.2, 0.25) is 0 Å². The first-order chi connectivity index (χ1) is 11.5. The lowest BCUT2D eigenvalue weighted by atomic mass is 10.1. The molecule has 0 aliphatic heterocycles. The van der Waals surface area contributed by atoms with Crippen LogP contribution in [0.15, 0.2) is 42.5 Å². The molecule has 5 nitrogen and oxygen atoms in total. The predicted molar refractivity (Wildman–Crippen MR) is 106 cm³/mol. The van der Waals surface area contributed by atoms with Gasteiger partial charge in [0.2, 0.25) is 0 Å². The zero-order valence-electron chi connectivity index (χ0n) is 15.4. The highest BCUT2D eigenvalue weighted by Crippen LogP contribution is 2.42. The van der Waals surface area contributed by atoms with Crippen molar-refractivity contribution in [3.05, 3.63) is 42.5 Å². The minimum Gasteiger partial charge on any atom is -0.397 e. The van der Waals surface area contributed by atoms with Gasteiger partial charge in [0.15, 0.2) is 0 Å². The molecule has 0 atom stereocenters. The molecule has 0 radical (unpaired) electrons. The van der Waals surface area contributed by atoms with Gasteiger partial charge in [-0.2, -0.15) is 0 Å². The second-order valence-corrected chi connectivity index (χ2v) is 5.83. The molecule has 0 bridgehead atoms. The molecule has 2 aromatic carbocycles. The maximum Gasteiger partial charge on any atom is 0.0874 e. The highest BCUT2D eigenvalue weighted by Gasteiger charge is 2.22. The van der Waals surface area contributed by atoms with Crippen molar-refractivity contribution in [2.75, 3.05) is 55.2 Å². The smallest absolute Gasteiger partial charge is 0.0874 e. The van der Waals surface area contributed by atoms with Crippen molar-refractivity contribution in [1.29, 1.82) is 0 Å². The van der Waals surface area contributed by atoms with E-state index in [0.29, 0.717) is 0 Å². The largest absolute Gasteiger partial charge is 0.397 e. The number of hydrogen-bond acceptors (Lipinski definition) is 5. The van der Waals surface area contributed by atoms with Crippen molar-refractivity contribution in [3.63, 3.8) is 0 Å². The van der Waals surface area contributed by atoms with E-state index in [4.69, 9.17) is 5.73 Å². The Morgan fingerprint density at radius 3 is 2.08 bits per heavy atom. The first-order valence-electron chi connectivity index (χ1n) is 8.42. The van der Waals surface area contributed by atoms with Crippen LogP contribution < -0.4 is 21.0 Å². The van der Waals surface area contributed by atoms with E-state index < -0.39 is 0 Å². The molecule has 2 aromatic rings. The summed E-state index contributed by atoms with van der Waals surface area (Å²) in [5.74, 6) is 0. The van der Waals surface area contributed by atoms with Gasteiger partial charge in [0.25, 0.3) is 0 Å².